The summed E-state index contributed by atoms with van der Waals surface area (Å²) in [5.41, 5.74) is 10.4. The van der Waals surface area contributed by atoms with Gasteiger partial charge in [0.15, 0.2) is 5.17 Å². The van der Waals surface area contributed by atoms with Crippen LogP contribution in [0.2, 0.25) is 0 Å². The highest BCUT2D eigenvalue weighted by molar-refractivity contribution is 8.13. The van der Waals surface area contributed by atoms with Gasteiger partial charge in [0, 0.05) is 12.3 Å². The molecule has 0 rings (SSSR count). The maximum atomic E-state index is 5.19. The van der Waals surface area contributed by atoms with E-state index in [1.165, 1.54) is 11.8 Å². The molecule has 0 heterocycles. The molecule has 0 atom stereocenters. The van der Waals surface area contributed by atoms with Crippen LogP contribution in [0.25, 0.3) is 0 Å². The molecular weight excluding hydrogens is 124 g/mol. The van der Waals surface area contributed by atoms with E-state index in [1.807, 2.05) is 0 Å². The highest BCUT2D eigenvalue weighted by Gasteiger charge is 1.87. The van der Waals surface area contributed by atoms with Crippen molar-refractivity contribution in [2.75, 3.05) is 12.3 Å². The topological polar surface area (TPSA) is 90.4 Å². The number of nitrogens with zero attached hydrogens (tertiary/aromatic N) is 1. The standard InChI is InChI=1S/C3H10N4S/c4-1-2-8-3(5)7-6/h1-2,4,6H2,(H2,5,7). The highest BCUT2D eigenvalue weighted by Crippen LogP contribution is 1.94. The molecule has 6 N–H and O–H groups in total. The van der Waals surface area contributed by atoms with Gasteiger partial charge in [0.05, 0.1) is 0 Å². The molecule has 0 fully saturated rings. The van der Waals surface area contributed by atoms with Crippen molar-refractivity contribution >= 4 is 16.9 Å². The number of hydrazone groups is 1. The molecule has 5 heteroatoms. The van der Waals surface area contributed by atoms with Crippen LogP contribution >= 0.6 is 11.8 Å². The lowest BCUT2D eigenvalue weighted by Crippen LogP contribution is -2.12. The number of amidine groups is 1. The van der Waals surface area contributed by atoms with Gasteiger partial charge in [0.25, 0.3) is 0 Å². The molecule has 48 valence electrons. The number of hydrogen-bond donors (Lipinski definition) is 3. The fraction of sp³-hybridized carbons (Fsp3) is 0.667. The first kappa shape index (κ1) is 7.58. The Morgan fingerprint density at radius 3 is 2.62 bits per heavy atom. The minimum atomic E-state index is 0.385. The molecular formula is C3H10N4S. The predicted molar refractivity (Wildman–Crippen MR) is 37.3 cm³/mol. The van der Waals surface area contributed by atoms with Crippen molar-refractivity contribution in [3.05, 3.63) is 0 Å². The summed E-state index contributed by atoms with van der Waals surface area (Å²) in [6, 6.07) is 0. The Morgan fingerprint density at radius 2 is 2.25 bits per heavy atom. The van der Waals surface area contributed by atoms with Gasteiger partial charge in [-0.2, -0.15) is 5.10 Å². The maximum absolute atomic E-state index is 5.19. The maximum Gasteiger partial charge on any atom is 0.177 e. The molecule has 0 aromatic rings. The van der Waals surface area contributed by atoms with Gasteiger partial charge in [0.1, 0.15) is 0 Å². The summed E-state index contributed by atoms with van der Waals surface area (Å²) in [6.45, 7) is 0.598. The van der Waals surface area contributed by atoms with Crippen molar-refractivity contribution in [3.8, 4) is 0 Å². The first-order valence-corrected chi connectivity index (χ1v) is 3.16. The normalized spacial score (nSPS) is 11.9. The minimum Gasteiger partial charge on any atom is -0.377 e. The van der Waals surface area contributed by atoms with Gasteiger partial charge < -0.3 is 17.3 Å². The van der Waals surface area contributed by atoms with Crippen molar-refractivity contribution in [2.45, 2.75) is 0 Å². The average molecular weight is 134 g/mol. The van der Waals surface area contributed by atoms with Crippen LogP contribution in [-0.4, -0.2) is 17.5 Å². The van der Waals surface area contributed by atoms with Gasteiger partial charge in [-0.3, -0.25) is 0 Å². The SMILES string of the molecule is NCCSC(N)=NN. The van der Waals surface area contributed by atoms with Gasteiger partial charge in [0.2, 0.25) is 0 Å². The highest BCUT2D eigenvalue weighted by atomic mass is 32.2. The monoisotopic (exact) mass is 134 g/mol. The molecule has 0 saturated heterocycles. The molecule has 0 aliphatic heterocycles. The summed E-state index contributed by atoms with van der Waals surface area (Å²) in [4.78, 5) is 0. The summed E-state index contributed by atoms with van der Waals surface area (Å²) in [5.74, 6) is 5.58. The Balaban J connectivity index is 3.12. The second-order valence-corrected chi connectivity index (χ2v) is 2.22. The summed E-state index contributed by atoms with van der Waals surface area (Å²) in [5, 5.41) is 3.61. The van der Waals surface area contributed by atoms with E-state index in [2.05, 4.69) is 5.10 Å². The van der Waals surface area contributed by atoms with Crippen molar-refractivity contribution in [3.63, 3.8) is 0 Å². The van der Waals surface area contributed by atoms with Crippen molar-refractivity contribution in [2.24, 2.45) is 22.4 Å². The van der Waals surface area contributed by atoms with Gasteiger partial charge in [-0.15, -0.1) is 0 Å². The third kappa shape index (κ3) is 3.76. The predicted octanol–water partition coefficient (Wildman–Crippen LogP) is -1.13. The molecule has 0 spiro atoms. The number of thioether (sulfide) groups is 1. The van der Waals surface area contributed by atoms with Crippen LogP contribution in [0.5, 0.6) is 0 Å². The lowest BCUT2D eigenvalue weighted by atomic mass is 10.8. The quantitative estimate of drug-likeness (QED) is 0.193. The van der Waals surface area contributed by atoms with Crippen LogP contribution in [-0.2, 0) is 0 Å². The summed E-state index contributed by atoms with van der Waals surface area (Å²) in [7, 11) is 0. The zero-order valence-electron chi connectivity index (χ0n) is 4.50. The number of hydrogen-bond acceptors (Lipinski definition) is 4. The summed E-state index contributed by atoms with van der Waals surface area (Å²) < 4.78 is 0. The molecule has 0 aliphatic carbocycles. The van der Waals surface area contributed by atoms with Crippen LogP contribution in [0, 0.1) is 0 Å². The Hall–Kier alpha value is -0.420. The molecule has 0 saturated carbocycles. The first-order chi connectivity index (χ1) is 3.81. The van der Waals surface area contributed by atoms with Crippen LogP contribution in [0.1, 0.15) is 0 Å². The van der Waals surface area contributed by atoms with Crippen LogP contribution in [0.15, 0.2) is 5.10 Å². The zero-order chi connectivity index (χ0) is 6.41. The molecule has 0 aromatic heterocycles. The van der Waals surface area contributed by atoms with Gasteiger partial charge in [-0.05, 0) is 0 Å². The Kier molecular flexibility index (Phi) is 4.48. The third-order valence-corrected chi connectivity index (χ3v) is 1.34. The second kappa shape index (κ2) is 4.73. The summed E-state index contributed by atoms with van der Waals surface area (Å²) >= 11 is 1.35. The molecule has 4 nitrogen and oxygen atoms in total. The van der Waals surface area contributed by atoms with E-state index in [0.717, 1.165) is 5.75 Å². The van der Waals surface area contributed by atoms with Crippen LogP contribution < -0.4 is 17.3 Å². The lowest BCUT2D eigenvalue weighted by molar-refractivity contribution is 1.15. The smallest absolute Gasteiger partial charge is 0.177 e. The fourth-order valence-corrected chi connectivity index (χ4v) is 0.602. The Morgan fingerprint density at radius 1 is 1.62 bits per heavy atom. The fourth-order valence-electron chi connectivity index (χ4n) is 0.201. The minimum absolute atomic E-state index is 0.385. The van der Waals surface area contributed by atoms with Crippen molar-refractivity contribution < 1.29 is 0 Å². The van der Waals surface area contributed by atoms with E-state index in [4.69, 9.17) is 17.3 Å². The second-order valence-electron chi connectivity index (χ2n) is 1.10. The van der Waals surface area contributed by atoms with E-state index in [0.29, 0.717) is 11.7 Å². The van der Waals surface area contributed by atoms with Crippen molar-refractivity contribution in [1.82, 2.24) is 0 Å². The van der Waals surface area contributed by atoms with Gasteiger partial charge in [-0.25, -0.2) is 0 Å². The first-order valence-electron chi connectivity index (χ1n) is 2.17. The molecule has 0 aliphatic rings. The largest absolute Gasteiger partial charge is 0.377 e. The Bertz CT molecular complexity index is 81.4. The number of nitrogens with two attached hydrogens (primary N) is 3. The van der Waals surface area contributed by atoms with E-state index < -0.39 is 0 Å². The molecule has 8 heavy (non-hydrogen) atoms. The summed E-state index contributed by atoms with van der Waals surface area (Å²) in [6.07, 6.45) is 0. The van der Waals surface area contributed by atoms with E-state index in [-0.39, 0.29) is 0 Å². The molecule has 0 amide bonds. The molecule has 0 radical (unpaired) electrons. The average Bonchev–Trinajstić information content (AvgIpc) is 1.83. The van der Waals surface area contributed by atoms with Crippen LogP contribution in [0.4, 0.5) is 0 Å². The van der Waals surface area contributed by atoms with Gasteiger partial charge in [-0.1, -0.05) is 11.8 Å². The van der Waals surface area contributed by atoms with E-state index >= 15 is 0 Å². The van der Waals surface area contributed by atoms with Gasteiger partial charge >= 0.3 is 0 Å². The molecule has 0 unspecified atom stereocenters. The van der Waals surface area contributed by atoms with E-state index in [9.17, 15) is 0 Å². The number of rotatable bonds is 2. The van der Waals surface area contributed by atoms with Crippen molar-refractivity contribution in [1.29, 1.82) is 0 Å². The molecule has 0 aromatic carbocycles. The lowest BCUT2D eigenvalue weighted by Gasteiger charge is -1.92. The Labute approximate surface area is 52.5 Å². The zero-order valence-corrected chi connectivity index (χ0v) is 5.32. The van der Waals surface area contributed by atoms with E-state index in [1.54, 1.807) is 0 Å². The third-order valence-electron chi connectivity index (χ3n) is 0.495. The molecule has 0 bridgehead atoms. The van der Waals surface area contributed by atoms with Crippen LogP contribution in [0.3, 0.4) is 0 Å².